The van der Waals surface area contributed by atoms with Crippen LogP contribution in [-0.2, 0) is 19.6 Å². The summed E-state index contributed by atoms with van der Waals surface area (Å²) in [6.45, 7) is 1.71. The van der Waals surface area contributed by atoms with Gasteiger partial charge in [0, 0.05) is 33.3 Å². The zero-order valence-electron chi connectivity index (χ0n) is 13.4. The van der Waals surface area contributed by atoms with Gasteiger partial charge in [0.15, 0.2) is 0 Å². The van der Waals surface area contributed by atoms with E-state index in [9.17, 15) is 18.0 Å². The Morgan fingerprint density at radius 3 is 2.35 bits per heavy atom. The van der Waals surface area contributed by atoms with Crippen molar-refractivity contribution in [3.05, 3.63) is 24.3 Å². The molecule has 0 bridgehead atoms. The summed E-state index contributed by atoms with van der Waals surface area (Å²) in [6.07, 6.45) is 1.19. The maximum atomic E-state index is 12.8. The number of likely N-dealkylation sites (N-methyl/N-ethyl adjacent to an activating group) is 1. The van der Waals surface area contributed by atoms with Crippen LogP contribution in [0.1, 0.15) is 19.8 Å². The van der Waals surface area contributed by atoms with Crippen molar-refractivity contribution in [3.63, 3.8) is 0 Å². The first-order chi connectivity index (χ1) is 10.7. The lowest BCUT2D eigenvalue weighted by molar-refractivity contribution is -0.132. The van der Waals surface area contributed by atoms with Crippen molar-refractivity contribution >= 4 is 27.5 Å². The molecular formula is C15H21N3O4S. The number of carbonyl (C=O) groups excluding carboxylic acids is 2. The molecule has 1 heterocycles. The molecule has 0 radical (unpaired) electrons. The smallest absolute Gasteiger partial charge is 0.243 e. The lowest BCUT2D eigenvalue weighted by Gasteiger charge is -2.25. The third-order valence-corrected chi connectivity index (χ3v) is 5.63. The van der Waals surface area contributed by atoms with Gasteiger partial charge in [0.25, 0.3) is 0 Å². The minimum atomic E-state index is -3.74. The Balaban J connectivity index is 2.26. The maximum Gasteiger partial charge on any atom is 0.243 e. The molecule has 1 aromatic rings. The van der Waals surface area contributed by atoms with E-state index >= 15 is 0 Å². The third kappa shape index (κ3) is 3.70. The Morgan fingerprint density at radius 1 is 1.22 bits per heavy atom. The number of nitrogens with one attached hydrogen (secondary N) is 1. The van der Waals surface area contributed by atoms with Crippen molar-refractivity contribution < 1.29 is 18.0 Å². The lowest BCUT2D eigenvalue weighted by Crippen LogP contribution is -2.45. The molecule has 1 fully saturated rings. The second-order valence-electron chi connectivity index (χ2n) is 5.71. The first-order valence-corrected chi connectivity index (χ1v) is 8.78. The van der Waals surface area contributed by atoms with Crippen LogP contribution in [0.2, 0.25) is 0 Å². The number of anilines is 1. The Hall–Kier alpha value is -1.93. The van der Waals surface area contributed by atoms with Crippen LogP contribution in [0.5, 0.6) is 0 Å². The second-order valence-corrected chi connectivity index (χ2v) is 7.60. The molecule has 1 saturated heterocycles. The molecule has 2 rings (SSSR count). The van der Waals surface area contributed by atoms with Crippen LogP contribution < -0.4 is 5.32 Å². The summed E-state index contributed by atoms with van der Waals surface area (Å²) in [7, 11) is -0.501. The van der Waals surface area contributed by atoms with Crippen LogP contribution in [0, 0.1) is 0 Å². The Labute approximate surface area is 136 Å². The highest BCUT2D eigenvalue weighted by atomic mass is 32.2. The zero-order chi connectivity index (χ0) is 17.2. The highest BCUT2D eigenvalue weighted by Crippen LogP contribution is 2.27. The van der Waals surface area contributed by atoms with Crippen LogP contribution in [0.3, 0.4) is 0 Å². The summed E-state index contributed by atoms with van der Waals surface area (Å²) in [4.78, 5) is 24.7. The lowest BCUT2D eigenvalue weighted by atomic mass is 10.2. The predicted octanol–water partition coefficient (Wildman–Crippen LogP) is 0.886. The minimum Gasteiger partial charge on any atom is -0.347 e. The van der Waals surface area contributed by atoms with Crippen molar-refractivity contribution in [3.8, 4) is 0 Å². The van der Waals surface area contributed by atoms with Gasteiger partial charge in [-0.25, -0.2) is 8.42 Å². The molecule has 1 aliphatic rings. The minimum absolute atomic E-state index is 0.116. The predicted molar refractivity (Wildman–Crippen MR) is 86.4 cm³/mol. The molecule has 0 spiro atoms. The van der Waals surface area contributed by atoms with Crippen molar-refractivity contribution in [1.29, 1.82) is 0 Å². The molecule has 7 nitrogen and oxygen atoms in total. The number of sulfonamides is 1. The Kier molecular flexibility index (Phi) is 5.06. The molecule has 1 N–H and O–H groups in total. The van der Waals surface area contributed by atoms with E-state index in [0.717, 1.165) is 0 Å². The molecular weight excluding hydrogens is 318 g/mol. The number of benzene rings is 1. The fourth-order valence-corrected chi connectivity index (χ4v) is 4.27. The summed E-state index contributed by atoms with van der Waals surface area (Å²) < 4.78 is 26.8. The molecule has 1 atom stereocenters. The molecule has 1 aromatic carbocycles. The van der Waals surface area contributed by atoms with Crippen LogP contribution >= 0.6 is 0 Å². The van der Waals surface area contributed by atoms with Gasteiger partial charge in [-0.15, -0.1) is 0 Å². The highest BCUT2D eigenvalue weighted by molar-refractivity contribution is 7.89. The largest absolute Gasteiger partial charge is 0.347 e. The van der Waals surface area contributed by atoms with Crippen molar-refractivity contribution in [2.45, 2.75) is 30.7 Å². The average Bonchev–Trinajstić information content (AvgIpc) is 2.96. The van der Waals surface area contributed by atoms with Crippen LogP contribution in [0.15, 0.2) is 29.2 Å². The SMILES string of the molecule is CC(=O)Nc1ccc(S(=O)(=O)N2CCC[C@H]2C(=O)N(C)C)cc1. The number of amides is 2. The third-order valence-electron chi connectivity index (χ3n) is 3.71. The summed E-state index contributed by atoms with van der Waals surface area (Å²) in [5.74, 6) is -0.433. The van der Waals surface area contributed by atoms with Crippen LogP contribution in [0.25, 0.3) is 0 Å². The van der Waals surface area contributed by atoms with Gasteiger partial charge in [-0.3, -0.25) is 9.59 Å². The van der Waals surface area contributed by atoms with Gasteiger partial charge >= 0.3 is 0 Å². The summed E-state index contributed by atoms with van der Waals surface area (Å²) in [5.41, 5.74) is 0.527. The molecule has 1 aliphatic heterocycles. The molecule has 0 aromatic heterocycles. The van der Waals surface area contributed by atoms with E-state index in [-0.39, 0.29) is 16.7 Å². The standard InChI is InChI=1S/C15H21N3O4S/c1-11(19)16-12-6-8-13(9-7-12)23(21,22)18-10-4-5-14(18)15(20)17(2)3/h6-9,14H,4-5,10H2,1-3H3,(H,16,19)/t14-/m0/s1. The Morgan fingerprint density at radius 2 is 1.83 bits per heavy atom. The molecule has 23 heavy (non-hydrogen) atoms. The number of hydrogen-bond acceptors (Lipinski definition) is 4. The van der Waals surface area contributed by atoms with Gasteiger partial charge in [-0.1, -0.05) is 0 Å². The van der Waals surface area contributed by atoms with Crippen molar-refractivity contribution in [2.75, 3.05) is 26.0 Å². The van der Waals surface area contributed by atoms with Gasteiger partial charge in [0.2, 0.25) is 21.8 Å². The van der Waals surface area contributed by atoms with Crippen molar-refractivity contribution in [2.24, 2.45) is 0 Å². The molecule has 126 valence electrons. The first kappa shape index (κ1) is 17.4. The van der Waals surface area contributed by atoms with E-state index < -0.39 is 16.1 Å². The van der Waals surface area contributed by atoms with Crippen LogP contribution in [0.4, 0.5) is 5.69 Å². The quantitative estimate of drug-likeness (QED) is 0.882. The van der Waals surface area contributed by atoms with Gasteiger partial charge in [0.1, 0.15) is 6.04 Å². The molecule has 0 saturated carbocycles. The molecule has 2 amide bonds. The van der Waals surface area contributed by atoms with E-state index in [1.807, 2.05) is 0 Å². The highest BCUT2D eigenvalue weighted by Gasteiger charge is 2.39. The maximum absolute atomic E-state index is 12.8. The summed E-state index contributed by atoms with van der Waals surface area (Å²) >= 11 is 0. The van der Waals surface area contributed by atoms with Gasteiger partial charge in [-0.05, 0) is 37.1 Å². The topological polar surface area (TPSA) is 86.8 Å². The van der Waals surface area contributed by atoms with E-state index in [2.05, 4.69) is 5.32 Å². The Bertz CT molecular complexity index is 698. The van der Waals surface area contributed by atoms with Crippen LogP contribution in [-0.4, -0.2) is 56.1 Å². The van der Waals surface area contributed by atoms with Gasteiger partial charge < -0.3 is 10.2 Å². The number of carbonyl (C=O) groups is 2. The summed E-state index contributed by atoms with van der Waals surface area (Å²) in [5, 5.41) is 2.59. The van der Waals surface area contributed by atoms with Gasteiger partial charge in [-0.2, -0.15) is 4.31 Å². The van der Waals surface area contributed by atoms with E-state index in [0.29, 0.717) is 25.1 Å². The van der Waals surface area contributed by atoms with E-state index in [1.54, 1.807) is 14.1 Å². The zero-order valence-corrected chi connectivity index (χ0v) is 14.3. The number of hydrogen-bond donors (Lipinski definition) is 1. The molecule has 8 heteroatoms. The van der Waals surface area contributed by atoms with E-state index in [4.69, 9.17) is 0 Å². The normalized spacial score (nSPS) is 18.7. The van der Waals surface area contributed by atoms with Crippen molar-refractivity contribution in [1.82, 2.24) is 9.21 Å². The number of rotatable bonds is 4. The summed E-state index contributed by atoms with van der Waals surface area (Å²) in [6, 6.07) is 5.30. The average molecular weight is 339 g/mol. The first-order valence-electron chi connectivity index (χ1n) is 7.34. The van der Waals surface area contributed by atoms with E-state index in [1.165, 1.54) is 40.4 Å². The van der Waals surface area contributed by atoms with Gasteiger partial charge in [0.05, 0.1) is 4.90 Å². The molecule has 0 aliphatic carbocycles. The fraction of sp³-hybridized carbons (Fsp3) is 0.467. The second kappa shape index (κ2) is 6.67. The fourth-order valence-electron chi connectivity index (χ4n) is 2.62. The monoisotopic (exact) mass is 339 g/mol. The number of nitrogens with zero attached hydrogens (tertiary/aromatic N) is 2. The molecule has 0 unspecified atom stereocenters.